The number of nitrogens with zero attached hydrogens (tertiary/aromatic N) is 1. The van der Waals surface area contributed by atoms with Gasteiger partial charge in [0.25, 0.3) is 0 Å². The third-order valence-electron chi connectivity index (χ3n) is 2.54. The van der Waals surface area contributed by atoms with Crippen molar-refractivity contribution in [2.24, 2.45) is 5.41 Å². The van der Waals surface area contributed by atoms with E-state index in [4.69, 9.17) is 0 Å². The van der Waals surface area contributed by atoms with Crippen molar-refractivity contribution in [3.63, 3.8) is 0 Å². The van der Waals surface area contributed by atoms with Crippen molar-refractivity contribution in [1.82, 2.24) is 15.0 Å². The molecule has 0 aliphatic heterocycles. The zero-order valence-electron chi connectivity index (χ0n) is 10.9. The second-order valence-electron chi connectivity index (χ2n) is 4.63. The van der Waals surface area contributed by atoms with E-state index in [2.05, 4.69) is 31.0 Å². The molecule has 0 bridgehead atoms. The lowest BCUT2D eigenvalue weighted by atomic mass is 9.93. The smallest absolute Gasteiger partial charge is 0.242 e. The maximum absolute atomic E-state index is 12.0. The highest BCUT2D eigenvalue weighted by molar-refractivity contribution is 9.10. The SMILES string of the molecule is CNC(=O)C(C)(C)CNS(=O)(=O)c1cncc(Br)c1. The molecule has 19 heavy (non-hydrogen) atoms. The number of halogens is 1. The van der Waals surface area contributed by atoms with Crippen LogP contribution in [-0.2, 0) is 14.8 Å². The molecule has 0 fully saturated rings. The summed E-state index contributed by atoms with van der Waals surface area (Å²) < 4.78 is 27.1. The van der Waals surface area contributed by atoms with E-state index in [1.807, 2.05) is 0 Å². The summed E-state index contributed by atoms with van der Waals surface area (Å²) in [6.07, 6.45) is 2.74. The van der Waals surface area contributed by atoms with Crippen LogP contribution in [0.4, 0.5) is 0 Å². The van der Waals surface area contributed by atoms with Gasteiger partial charge in [-0.25, -0.2) is 13.1 Å². The fourth-order valence-electron chi connectivity index (χ4n) is 1.32. The number of rotatable bonds is 5. The maximum atomic E-state index is 12.0. The minimum absolute atomic E-state index is 0.00151. The van der Waals surface area contributed by atoms with Crippen LogP contribution in [0, 0.1) is 5.41 Å². The Balaban J connectivity index is 2.85. The number of hydrogen-bond acceptors (Lipinski definition) is 4. The van der Waals surface area contributed by atoms with Crippen LogP contribution in [-0.4, -0.2) is 32.9 Å². The van der Waals surface area contributed by atoms with Gasteiger partial charge >= 0.3 is 0 Å². The van der Waals surface area contributed by atoms with Gasteiger partial charge in [-0.1, -0.05) is 0 Å². The van der Waals surface area contributed by atoms with Gasteiger partial charge in [0.1, 0.15) is 4.90 Å². The fraction of sp³-hybridized carbons (Fsp3) is 0.455. The predicted octanol–water partition coefficient (Wildman–Crippen LogP) is 0.895. The molecule has 0 saturated carbocycles. The molecule has 0 aliphatic carbocycles. The maximum Gasteiger partial charge on any atom is 0.242 e. The number of amides is 1. The molecule has 0 aliphatic rings. The summed E-state index contributed by atoms with van der Waals surface area (Å²) in [6, 6.07) is 1.45. The van der Waals surface area contributed by atoms with Crippen LogP contribution >= 0.6 is 15.9 Å². The molecule has 0 aromatic carbocycles. The average molecular weight is 350 g/mol. The van der Waals surface area contributed by atoms with Crippen LogP contribution in [0.15, 0.2) is 27.8 Å². The van der Waals surface area contributed by atoms with Gasteiger partial charge in [-0.15, -0.1) is 0 Å². The Bertz CT molecular complexity index is 572. The van der Waals surface area contributed by atoms with Gasteiger partial charge < -0.3 is 5.32 Å². The molecule has 106 valence electrons. The first kappa shape index (κ1) is 16.1. The molecule has 1 aromatic rings. The van der Waals surface area contributed by atoms with E-state index in [1.54, 1.807) is 13.8 Å². The van der Waals surface area contributed by atoms with Crippen LogP contribution in [0.5, 0.6) is 0 Å². The first-order chi connectivity index (χ1) is 8.69. The highest BCUT2D eigenvalue weighted by atomic mass is 79.9. The van der Waals surface area contributed by atoms with E-state index in [0.29, 0.717) is 4.47 Å². The lowest BCUT2D eigenvalue weighted by Gasteiger charge is -2.22. The predicted molar refractivity (Wildman–Crippen MR) is 75.0 cm³/mol. The number of hydrogen-bond donors (Lipinski definition) is 2. The van der Waals surface area contributed by atoms with Crippen molar-refractivity contribution < 1.29 is 13.2 Å². The molecule has 2 N–H and O–H groups in total. The van der Waals surface area contributed by atoms with Gasteiger partial charge in [-0.2, -0.15) is 0 Å². The molecule has 0 atom stereocenters. The van der Waals surface area contributed by atoms with Crippen molar-refractivity contribution in [2.45, 2.75) is 18.7 Å². The van der Waals surface area contributed by atoms with Gasteiger partial charge in [0, 0.05) is 30.5 Å². The number of carbonyl (C=O) groups is 1. The fourth-order valence-corrected chi connectivity index (χ4v) is 3.03. The van der Waals surface area contributed by atoms with Gasteiger partial charge in [0.2, 0.25) is 15.9 Å². The number of aromatic nitrogens is 1. The van der Waals surface area contributed by atoms with Crippen LogP contribution in [0.2, 0.25) is 0 Å². The monoisotopic (exact) mass is 349 g/mol. The van der Waals surface area contributed by atoms with Gasteiger partial charge in [0.15, 0.2) is 0 Å². The van der Waals surface area contributed by atoms with Gasteiger partial charge in [0.05, 0.1) is 5.41 Å². The van der Waals surface area contributed by atoms with Gasteiger partial charge in [-0.3, -0.25) is 9.78 Å². The number of pyridine rings is 1. The van der Waals surface area contributed by atoms with E-state index in [-0.39, 0.29) is 17.3 Å². The molecular weight excluding hydrogens is 334 g/mol. The topological polar surface area (TPSA) is 88.2 Å². The van der Waals surface area contributed by atoms with E-state index in [9.17, 15) is 13.2 Å². The lowest BCUT2D eigenvalue weighted by Crippen LogP contribution is -2.43. The molecule has 0 unspecified atom stereocenters. The van der Waals surface area contributed by atoms with Gasteiger partial charge in [-0.05, 0) is 35.8 Å². The molecule has 1 heterocycles. The Morgan fingerprint density at radius 2 is 2.05 bits per heavy atom. The second kappa shape index (κ2) is 5.98. The summed E-state index contributed by atoms with van der Waals surface area (Å²) in [6.45, 7) is 3.32. The highest BCUT2D eigenvalue weighted by Crippen LogP contribution is 2.17. The summed E-state index contributed by atoms with van der Waals surface area (Å²) in [4.78, 5) is 15.4. The van der Waals surface area contributed by atoms with Crippen molar-refractivity contribution in [2.75, 3.05) is 13.6 Å². The van der Waals surface area contributed by atoms with E-state index in [0.717, 1.165) is 0 Å². The average Bonchev–Trinajstić information content (AvgIpc) is 2.35. The third-order valence-corrected chi connectivity index (χ3v) is 4.34. The number of carbonyl (C=O) groups excluding carboxylic acids is 1. The molecule has 8 heteroatoms. The molecule has 0 radical (unpaired) electrons. The third kappa shape index (κ3) is 4.26. The standard InChI is InChI=1S/C11H16BrN3O3S/c1-11(2,10(16)13-3)7-15-19(17,18)9-4-8(12)5-14-6-9/h4-6,15H,7H2,1-3H3,(H,13,16). The quantitative estimate of drug-likeness (QED) is 0.826. The summed E-state index contributed by atoms with van der Waals surface area (Å²) in [5.74, 6) is -0.234. The Hall–Kier alpha value is -0.990. The summed E-state index contributed by atoms with van der Waals surface area (Å²) in [5, 5.41) is 2.50. The van der Waals surface area contributed by atoms with Crippen molar-refractivity contribution >= 4 is 31.9 Å². The van der Waals surface area contributed by atoms with E-state index >= 15 is 0 Å². The summed E-state index contributed by atoms with van der Waals surface area (Å²) in [7, 11) is -2.17. The normalized spacial score (nSPS) is 12.2. The number of nitrogens with one attached hydrogen (secondary N) is 2. The first-order valence-corrected chi connectivity index (χ1v) is 7.79. The van der Waals surface area contributed by atoms with Crippen LogP contribution in [0.25, 0.3) is 0 Å². The van der Waals surface area contributed by atoms with E-state index in [1.165, 1.54) is 25.5 Å². The molecular formula is C11H16BrN3O3S. The molecule has 1 rings (SSSR count). The highest BCUT2D eigenvalue weighted by Gasteiger charge is 2.29. The molecule has 0 saturated heterocycles. The van der Waals surface area contributed by atoms with Crippen molar-refractivity contribution in [1.29, 1.82) is 0 Å². The van der Waals surface area contributed by atoms with Crippen LogP contribution in [0.3, 0.4) is 0 Å². The molecule has 0 spiro atoms. The largest absolute Gasteiger partial charge is 0.359 e. The van der Waals surface area contributed by atoms with Crippen LogP contribution < -0.4 is 10.0 Å². The van der Waals surface area contributed by atoms with E-state index < -0.39 is 15.4 Å². The second-order valence-corrected chi connectivity index (χ2v) is 7.31. The van der Waals surface area contributed by atoms with Crippen molar-refractivity contribution in [3.8, 4) is 0 Å². The lowest BCUT2D eigenvalue weighted by molar-refractivity contribution is -0.128. The summed E-state index contributed by atoms with van der Waals surface area (Å²) in [5.41, 5.74) is -0.832. The number of sulfonamides is 1. The Morgan fingerprint density at radius 1 is 1.42 bits per heavy atom. The zero-order chi connectivity index (χ0) is 14.7. The Labute approximate surface area is 121 Å². The molecule has 6 nitrogen and oxygen atoms in total. The van der Waals surface area contributed by atoms with Crippen LogP contribution in [0.1, 0.15) is 13.8 Å². The Morgan fingerprint density at radius 3 is 2.58 bits per heavy atom. The zero-order valence-corrected chi connectivity index (χ0v) is 13.3. The minimum Gasteiger partial charge on any atom is -0.359 e. The minimum atomic E-state index is -3.68. The molecule has 1 aromatic heterocycles. The summed E-state index contributed by atoms with van der Waals surface area (Å²) >= 11 is 3.16. The Kier molecular flexibility index (Phi) is 5.05. The first-order valence-electron chi connectivity index (χ1n) is 5.51. The van der Waals surface area contributed by atoms with Crippen molar-refractivity contribution in [3.05, 3.63) is 22.9 Å². The molecule has 1 amide bonds.